The third kappa shape index (κ3) is 1.92. The van der Waals surface area contributed by atoms with Crippen molar-refractivity contribution in [2.45, 2.75) is 33.6 Å². The van der Waals surface area contributed by atoms with Crippen LogP contribution in [0.2, 0.25) is 0 Å². The summed E-state index contributed by atoms with van der Waals surface area (Å²) in [6.07, 6.45) is 4.21. The molecule has 0 amide bonds. The molecule has 0 unspecified atom stereocenters. The molecule has 1 heteroatoms. The zero-order valence-electron chi connectivity index (χ0n) is 7.55. The normalized spacial score (nSPS) is 24.0. The van der Waals surface area contributed by atoms with Gasteiger partial charge in [-0.15, -0.1) is 0 Å². The van der Waals surface area contributed by atoms with Crippen molar-refractivity contribution in [3.63, 3.8) is 0 Å². The van der Waals surface area contributed by atoms with Crippen molar-refractivity contribution in [1.29, 1.82) is 0 Å². The molecule has 0 aromatic rings. The van der Waals surface area contributed by atoms with Gasteiger partial charge in [0.15, 0.2) is 5.78 Å². The van der Waals surface area contributed by atoms with E-state index in [4.69, 9.17) is 0 Å². The van der Waals surface area contributed by atoms with Gasteiger partial charge in [-0.25, -0.2) is 0 Å². The molecule has 0 saturated heterocycles. The van der Waals surface area contributed by atoms with Crippen LogP contribution in [0, 0.1) is 11.8 Å². The SMILES string of the molecule is CC(=O)C1=CC[C@@H](C(C)C)C1. The van der Waals surface area contributed by atoms with Crippen LogP contribution in [-0.4, -0.2) is 5.78 Å². The first-order chi connectivity index (χ1) is 5.11. The van der Waals surface area contributed by atoms with Gasteiger partial charge in [0.05, 0.1) is 0 Å². The van der Waals surface area contributed by atoms with E-state index in [0.717, 1.165) is 18.4 Å². The summed E-state index contributed by atoms with van der Waals surface area (Å²) in [5, 5.41) is 0. The van der Waals surface area contributed by atoms with Crippen LogP contribution in [0.1, 0.15) is 33.6 Å². The molecule has 1 atom stereocenters. The summed E-state index contributed by atoms with van der Waals surface area (Å²) in [7, 11) is 0. The van der Waals surface area contributed by atoms with Crippen LogP contribution in [0.5, 0.6) is 0 Å². The van der Waals surface area contributed by atoms with Crippen LogP contribution < -0.4 is 0 Å². The van der Waals surface area contributed by atoms with Crippen LogP contribution in [0.4, 0.5) is 0 Å². The number of carbonyl (C=O) groups excluding carboxylic acids is 1. The van der Waals surface area contributed by atoms with E-state index in [2.05, 4.69) is 19.9 Å². The summed E-state index contributed by atoms with van der Waals surface area (Å²) >= 11 is 0. The lowest BCUT2D eigenvalue weighted by atomic mass is 9.92. The first-order valence-electron chi connectivity index (χ1n) is 4.31. The van der Waals surface area contributed by atoms with Gasteiger partial charge in [-0.1, -0.05) is 19.9 Å². The highest BCUT2D eigenvalue weighted by atomic mass is 16.1. The minimum atomic E-state index is 0.258. The predicted molar refractivity (Wildman–Crippen MR) is 46.3 cm³/mol. The largest absolute Gasteiger partial charge is 0.295 e. The first kappa shape index (κ1) is 8.51. The second-order valence-electron chi connectivity index (χ2n) is 3.73. The number of carbonyl (C=O) groups is 1. The van der Waals surface area contributed by atoms with Crippen LogP contribution in [0.15, 0.2) is 11.6 Å². The van der Waals surface area contributed by atoms with E-state index in [9.17, 15) is 4.79 Å². The van der Waals surface area contributed by atoms with E-state index in [0.29, 0.717) is 11.8 Å². The highest BCUT2D eigenvalue weighted by Gasteiger charge is 2.21. The minimum absolute atomic E-state index is 0.258. The van der Waals surface area contributed by atoms with Gasteiger partial charge in [0.1, 0.15) is 0 Å². The Hall–Kier alpha value is -0.590. The maximum absolute atomic E-state index is 10.9. The van der Waals surface area contributed by atoms with Gasteiger partial charge in [-0.05, 0) is 37.2 Å². The standard InChI is InChI=1S/C10H16O/c1-7(2)9-4-5-10(6-9)8(3)11/h5,7,9H,4,6H2,1-3H3/t9-/m1/s1. The molecule has 0 fully saturated rings. The van der Waals surface area contributed by atoms with E-state index < -0.39 is 0 Å². The Morgan fingerprint density at radius 2 is 2.27 bits per heavy atom. The molecule has 0 aromatic heterocycles. The molecule has 0 heterocycles. The summed E-state index contributed by atoms with van der Waals surface area (Å²) in [6.45, 7) is 6.11. The van der Waals surface area contributed by atoms with Gasteiger partial charge in [0.2, 0.25) is 0 Å². The van der Waals surface area contributed by atoms with Crippen LogP contribution in [0.25, 0.3) is 0 Å². The molecule has 0 aliphatic heterocycles. The van der Waals surface area contributed by atoms with Crippen molar-refractivity contribution in [3.05, 3.63) is 11.6 Å². The van der Waals surface area contributed by atoms with Crippen LogP contribution in [0.3, 0.4) is 0 Å². The van der Waals surface area contributed by atoms with Crippen molar-refractivity contribution in [2.75, 3.05) is 0 Å². The molecule has 62 valence electrons. The van der Waals surface area contributed by atoms with E-state index in [1.54, 1.807) is 6.92 Å². The summed E-state index contributed by atoms with van der Waals surface area (Å²) < 4.78 is 0. The number of hydrogen-bond acceptors (Lipinski definition) is 1. The van der Waals surface area contributed by atoms with Crippen LogP contribution in [-0.2, 0) is 4.79 Å². The van der Waals surface area contributed by atoms with Gasteiger partial charge < -0.3 is 0 Å². The Labute approximate surface area is 68.5 Å². The number of hydrogen-bond donors (Lipinski definition) is 0. The van der Waals surface area contributed by atoms with Gasteiger partial charge in [-0.2, -0.15) is 0 Å². The summed E-state index contributed by atoms with van der Waals surface area (Å²) in [5.74, 6) is 1.69. The molecule has 11 heavy (non-hydrogen) atoms. The maximum Gasteiger partial charge on any atom is 0.155 e. The monoisotopic (exact) mass is 152 g/mol. The highest BCUT2D eigenvalue weighted by molar-refractivity contribution is 5.93. The predicted octanol–water partition coefficient (Wildman–Crippen LogP) is 2.57. The lowest BCUT2D eigenvalue weighted by Crippen LogP contribution is -2.05. The second-order valence-corrected chi connectivity index (χ2v) is 3.73. The molecule has 0 saturated carbocycles. The molecule has 0 spiro atoms. The zero-order chi connectivity index (χ0) is 8.43. The van der Waals surface area contributed by atoms with E-state index in [-0.39, 0.29) is 5.78 Å². The molecule has 1 nitrogen and oxygen atoms in total. The fourth-order valence-electron chi connectivity index (χ4n) is 1.54. The molecule has 1 rings (SSSR count). The first-order valence-corrected chi connectivity index (χ1v) is 4.31. The Bertz CT molecular complexity index is 189. The molecular formula is C10H16O. The Morgan fingerprint density at radius 1 is 1.64 bits per heavy atom. The average Bonchev–Trinajstić information content (AvgIpc) is 2.33. The van der Waals surface area contributed by atoms with Crippen molar-refractivity contribution < 1.29 is 4.79 Å². The van der Waals surface area contributed by atoms with E-state index >= 15 is 0 Å². The number of Topliss-reactive ketones (excluding diaryl/α,β-unsaturated/α-hetero) is 1. The van der Waals surface area contributed by atoms with Gasteiger partial charge in [-0.3, -0.25) is 4.79 Å². The third-order valence-corrected chi connectivity index (χ3v) is 2.54. The topological polar surface area (TPSA) is 17.1 Å². The summed E-state index contributed by atoms with van der Waals surface area (Å²) in [5.41, 5.74) is 1.05. The van der Waals surface area contributed by atoms with Crippen LogP contribution >= 0.6 is 0 Å². The lowest BCUT2D eigenvalue weighted by molar-refractivity contribution is -0.113. The fraction of sp³-hybridized carbons (Fsp3) is 0.700. The number of allylic oxidation sites excluding steroid dienone is 2. The van der Waals surface area contributed by atoms with Gasteiger partial charge in [0.25, 0.3) is 0 Å². The average molecular weight is 152 g/mol. The molecular weight excluding hydrogens is 136 g/mol. The molecule has 0 bridgehead atoms. The quantitative estimate of drug-likeness (QED) is 0.594. The van der Waals surface area contributed by atoms with Crippen molar-refractivity contribution in [1.82, 2.24) is 0 Å². The lowest BCUT2D eigenvalue weighted by Gasteiger charge is -2.13. The minimum Gasteiger partial charge on any atom is -0.295 e. The van der Waals surface area contributed by atoms with E-state index in [1.165, 1.54) is 0 Å². The summed E-state index contributed by atoms with van der Waals surface area (Å²) in [6, 6.07) is 0. The Morgan fingerprint density at radius 3 is 2.55 bits per heavy atom. The molecule has 0 radical (unpaired) electrons. The summed E-state index contributed by atoms with van der Waals surface area (Å²) in [4.78, 5) is 10.9. The van der Waals surface area contributed by atoms with Crippen molar-refractivity contribution >= 4 is 5.78 Å². The van der Waals surface area contributed by atoms with Gasteiger partial charge in [0, 0.05) is 0 Å². The van der Waals surface area contributed by atoms with Gasteiger partial charge >= 0.3 is 0 Å². The smallest absolute Gasteiger partial charge is 0.155 e. The zero-order valence-corrected chi connectivity index (χ0v) is 7.55. The maximum atomic E-state index is 10.9. The highest BCUT2D eigenvalue weighted by Crippen LogP contribution is 2.30. The van der Waals surface area contributed by atoms with E-state index in [1.807, 2.05) is 0 Å². The molecule has 1 aliphatic carbocycles. The molecule has 0 aromatic carbocycles. The second kappa shape index (κ2) is 3.21. The molecule has 1 aliphatic rings. The number of rotatable bonds is 2. The van der Waals surface area contributed by atoms with Crippen molar-refractivity contribution in [3.8, 4) is 0 Å². The number of ketones is 1. The Balaban J connectivity index is 2.49. The Kier molecular flexibility index (Phi) is 2.48. The third-order valence-electron chi connectivity index (χ3n) is 2.54. The fourth-order valence-corrected chi connectivity index (χ4v) is 1.54. The van der Waals surface area contributed by atoms with Crippen molar-refractivity contribution in [2.24, 2.45) is 11.8 Å². The molecule has 0 N–H and O–H groups in total.